The van der Waals surface area contributed by atoms with Crippen molar-refractivity contribution in [3.63, 3.8) is 0 Å². The van der Waals surface area contributed by atoms with Crippen molar-refractivity contribution in [3.05, 3.63) is 37.7 Å². The highest BCUT2D eigenvalue weighted by molar-refractivity contribution is 9.10. The molecule has 0 fully saturated rings. The van der Waals surface area contributed by atoms with E-state index in [2.05, 4.69) is 51.6 Å². The molecule has 0 aromatic carbocycles. The van der Waals surface area contributed by atoms with Crippen molar-refractivity contribution in [1.82, 2.24) is 15.1 Å². The predicted octanol–water partition coefficient (Wildman–Crippen LogP) is 4.47. The van der Waals surface area contributed by atoms with Crippen molar-refractivity contribution in [1.29, 1.82) is 0 Å². The summed E-state index contributed by atoms with van der Waals surface area (Å²) < 4.78 is 3.08. The molecule has 0 saturated heterocycles. The summed E-state index contributed by atoms with van der Waals surface area (Å²) in [6, 6.07) is 2.16. The van der Waals surface area contributed by atoms with Crippen molar-refractivity contribution < 1.29 is 0 Å². The van der Waals surface area contributed by atoms with Crippen LogP contribution in [0.5, 0.6) is 0 Å². The predicted molar refractivity (Wildman–Crippen MR) is 85.1 cm³/mol. The summed E-state index contributed by atoms with van der Waals surface area (Å²) in [5.74, 6) is 0. The Morgan fingerprint density at radius 1 is 1.53 bits per heavy atom. The van der Waals surface area contributed by atoms with Crippen molar-refractivity contribution >= 4 is 38.9 Å². The molecule has 0 spiro atoms. The standard InChI is InChI=1S/C13H17BrClN3S/c1-3-6-16-11(13-9(14)5-7-19-13)12-10(15)8-17-18(12)4-2/h5,7-8,11,16H,3-4,6H2,1-2H3. The molecular weight excluding hydrogens is 346 g/mol. The molecule has 2 rings (SSSR count). The van der Waals surface area contributed by atoms with E-state index in [0.29, 0.717) is 0 Å². The number of halogens is 2. The van der Waals surface area contributed by atoms with Crippen molar-refractivity contribution in [2.45, 2.75) is 32.9 Å². The van der Waals surface area contributed by atoms with Gasteiger partial charge in [0.15, 0.2) is 0 Å². The van der Waals surface area contributed by atoms with Gasteiger partial charge in [0.2, 0.25) is 0 Å². The second kappa shape index (κ2) is 6.88. The van der Waals surface area contributed by atoms with Crippen LogP contribution in [0, 0.1) is 0 Å². The fraction of sp³-hybridized carbons (Fsp3) is 0.462. The quantitative estimate of drug-likeness (QED) is 0.821. The Kier molecular flexibility index (Phi) is 5.45. The molecule has 0 amide bonds. The third-order valence-corrected chi connectivity index (χ3v) is 5.14. The van der Waals surface area contributed by atoms with Gasteiger partial charge in [0.05, 0.1) is 23.0 Å². The Hall–Kier alpha value is -0.360. The van der Waals surface area contributed by atoms with Crippen LogP contribution in [0.3, 0.4) is 0 Å². The van der Waals surface area contributed by atoms with E-state index in [4.69, 9.17) is 11.6 Å². The second-order valence-electron chi connectivity index (χ2n) is 4.21. The highest BCUT2D eigenvalue weighted by Crippen LogP contribution is 2.35. The molecule has 1 atom stereocenters. The molecule has 6 heteroatoms. The van der Waals surface area contributed by atoms with E-state index in [0.717, 1.165) is 34.7 Å². The zero-order chi connectivity index (χ0) is 13.8. The lowest BCUT2D eigenvalue weighted by Crippen LogP contribution is -2.25. The lowest BCUT2D eigenvalue weighted by molar-refractivity contribution is 0.534. The minimum absolute atomic E-state index is 0.0873. The SMILES string of the molecule is CCCNC(c1sccc1Br)c1c(Cl)cnn1CC. The van der Waals surface area contributed by atoms with E-state index in [-0.39, 0.29) is 6.04 Å². The van der Waals surface area contributed by atoms with Gasteiger partial charge in [0, 0.05) is 15.9 Å². The lowest BCUT2D eigenvalue weighted by atomic mass is 10.1. The van der Waals surface area contributed by atoms with Crippen LogP contribution in [0.4, 0.5) is 0 Å². The Labute approximate surface area is 131 Å². The van der Waals surface area contributed by atoms with E-state index < -0.39 is 0 Å². The number of hydrogen-bond acceptors (Lipinski definition) is 3. The molecule has 0 saturated carbocycles. The average Bonchev–Trinajstić information content (AvgIpc) is 2.98. The summed E-state index contributed by atoms with van der Waals surface area (Å²) in [7, 11) is 0. The van der Waals surface area contributed by atoms with Gasteiger partial charge in [-0.05, 0) is 47.3 Å². The zero-order valence-electron chi connectivity index (χ0n) is 11.0. The molecule has 1 unspecified atom stereocenters. The third-order valence-electron chi connectivity index (χ3n) is 2.91. The van der Waals surface area contributed by atoms with Crippen LogP contribution < -0.4 is 5.32 Å². The fourth-order valence-corrected chi connectivity index (χ4v) is 3.95. The van der Waals surface area contributed by atoms with Crippen LogP contribution in [0.2, 0.25) is 5.02 Å². The molecule has 2 aromatic rings. The summed E-state index contributed by atoms with van der Waals surface area (Å²) in [4.78, 5) is 1.24. The van der Waals surface area contributed by atoms with Gasteiger partial charge in [0.1, 0.15) is 0 Å². The summed E-state index contributed by atoms with van der Waals surface area (Å²) in [5, 5.41) is 10.7. The maximum Gasteiger partial charge on any atom is 0.0868 e. The van der Waals surface area contributed by atoms with Crippen LogP contribution in [0.25, 0.3) is 0 Å². The Morgan fingerprint density at radius 2 is 2.32 bits per heavy atom. The van der Waals surface area contributed by atoms with Gasteiger partial charge in [-0.1, -0.05) is 18.5 Å². The zero-order valence-corrected chi connectivity index (χ0v) is 14.1. The Morgan fingerprint density at radius 3 is 2.89 bits per heavy atom. The van der Waals surface area contributed by atoms with Gasteiger partial charge in [-0.3, -0.25) is 4.68 Å². The number of hydrogen-bond donors (Lipinski definition) is 1. The van der Waals surface area contributed by atoms with Crippen molar-refractivity contribution in [2.24, 2.45) is 0 Å². The molecule has 0 aliphatic carbocycles. The highest BCUT2D eigenvalue weighted by atomic mass is 79.9. The molecule has 0 bridgehead atoms. The van der Waals surface area contributed by atoms with Crippen LogP contribution in [0.15, 0.2) is 22.1 Å². The van der Waals surface area contributed by atoms with Gasteiger partial charge in [-0.25, -0.2) is 0 Å². The molecule has 2 heterocycles. The van der Waals surface area contributed by atoms with E-state index >= 15 is 0 Å². The molecule has 104 valence electrons. The number of nitrogens with one attached hydrogen (secondary N) is 1. The van der Waals surface area contributed by atoms with Crippen LogP contribution >= 0.6 is 38.9 Å². The number of aromatic nitrogens is 2. The third kappa shape index (κ3) is 3.21. The summed E-state index contributed by atoms with van der Waals surface area (Å²) in [6.07, 6.45) is 2.81. The van der Waals surface area contributed by atoms with Gasteiger partial charge in [0.25, 0.3) is 0 Å². The van der Waals surface area contributed by atoms with E-state index in [9.17, 15) is 0 Å². The molecule has 2 aromatic heterocycles. The first-order valence-electron chi connectivity index (χ1n) is 6.36. The normalized spacial score (nSPS) is 12.8. The first-order chi connectivity index (χ1) is 9.19. The maximum absolute atomic E-state index is 6.33. The van der Waals surface area contributed by atoms with E-state index in [1.165, 1.54) is 4.88 Å². The number of nitrogens with zero attached hydrogens (tertiary/aromatic N) is 2. The lowest BCUT2D eigenvalue weighted by Gasteiger charge is -2.19. The molecule has 3 nitrogen and oxygen atoms in total. The summed E-state index contributed by atoms with van der Waals surface area (Å²) in [5.41, 5.74) is 1.04. The molecular formula is C13H17BrClN3S. The second-order valence-corrected chi connectivity index (χ2v) is 6.42. The van der Waals surface area contributed by atoms with Crippen LogP contribution in [0.1, 0.15) is 36.9 Å². The van der Waals surface area contributed by atoms with Gasteiger partial charge >= 0.3 is 0 Å². The first kappa shape index (κ1) is 15.0. The maximum atomic E-state index is 6.33. The van der Waals surface area contributed by atoms with Gasteiger partial charge < -0.3 is 5.32 Å². The Balaban J connectivity index is 2.42. The largest absolute Gasteiger partial charge is 0.304 e. The highest BCUT2D eigenvalue weighted by Gasteiger charge is 2.24. The molecule has 0 aliphatic heterocycles. The van der Waals surface area contributed by atoms with Crippen molar-refractivity contribution in [3.8, 4) is 0 Å². The van der Waals surface area contributed by atoms with Crippen LogP contribution in [-0.4, -0.2) is 16.3 Å². The fourth-order valence-electron chi connectivity index (χ4n) is 2.02. The molecule has 0 aliphatic rings. The van der Waals surface area contributed by atoms with Gasteiger partial charge in [-0.2, -0.15) is 5.10 Å². The minimum atomic E-state index is 0.0873. The van der Waals surface area contributed by atoms with Gasteiger partial charge in [-0.15, -0.1) is 11.3 Å². The average molecular weight is 363 g/mol. The summed E-state index contributed by atoms with van der Waals surface area (Å²) >= 11 is 11.7. The Bertz CT molecular complexity index is 538. The number of aryl methyl sites for hydroxylation is 1. The molecule has 0 radical (unpaired) electrons. The first-order valence-corrected chi connectivity index (χ1v) is 8.41. The molecule has 1 N–H and O–H groups in total. The van der Waals surface area contributed by atoms with E-state index in [1.54, 1.807) is 17.5 Å². The monoisotopic (exact) mass is 361 g/mol. The topological polar surface area (TPSA) is 29.9 Å². The number of rotatable bonds is 6. The smallest absolute Gasteiger partial charge is 0.0868 e. The molecule has 19 heavy (non-hydrogen) atoms. The van der Waals surface area contributed by atoms with E-state index in [1.807, 2.05) is 4.68 Å². The minimum Gasteiger partial charge on any atom is -0.304 e. The number of thiophene rings is 1. The summed E-state index contributed by atoms with van der Waals surface area (Å²) in [6.45, 7) is 6.00. The van der Waals surface area contributed by atoms with Crippen molar-refractivity contribution in [2.75, 3.05) is 6.54 Å². The van der Waals surface area contributed by atoms with Crippen LogP contribution in [-0.2, 0) is 6.54 Å².